The molecule has 4 nitrogen and oxygen atoms in total. The van der Waals surface area contributed by atoms with Gasteiger partial charge in [-0.05, 0) is 60.7 Å². The van der Waals surface area contributed by atoms with Crippen LogP contribution in [0.25, 0.3) is 0 Å². The lowest BCUT2D eigenvalue weighted by Crippen LogP contribution is -2.40. The molecule has 98 valence electrons. The van der Waals surface area contributed by atoms with E-state index in [4.69, 9.17) is 0 Å². The van der Waals surface area contributed by atoms with E-state index in [-0.39, 0.29) is 0 Å². The highest BCUT2D eigenvalue weighted by atomic mass is 127. The molecule has 2 aliphatic rings. The highest BCUT2D eigenvalue weighted by Crippen LogP contribution is 2.23. The van der Waals surface area contributed by atoms with Gasteiger partial charge in [-0.1, -0.05) is 0 Å². The van der Waals surface area contributed by atoms with Gasteiger partial charge in [0, 0.05) is 35.1 Å². The minimum atomic E-state index is 0.752. The summed E-state index contributed by atoms with van der Waals surface area (Å²) in [5.41, 5.74) is 0. The number of nitrogens with zero attached hydrogens (tertiary/aromatic N) is 3. The molecule has 1 unspecified atom stereocenters. The minimum Gasteiger partial charge on any atom is -0.341 e. The first kappa shape index (κ1) is 12.6. The number of hydrogen-bond acceptors (Lipinski definition) is 4. The minimum absolute atomic E-state index is 0.752. The Balaban J connectivity index is 1.56. The van der Waals surface area contributed by atoms with Gasteiger partial charge in [0.05, 0.1) is 0 Å². The second-order valence-corrected chi connectivity index (χ2v) is 6.58. The SMILES string of the molecule is Ic1cnc(N2CCCC(CNC3CC3)C2)nc1. The van der Waals surface area contributed by atoms with Crippen LogP contribution in [0.5, 0.6) is 0 Å². The fourth-order valence-corrected chi connectivity index (χ4v) is 2.78. The molecule has 0 amide bonds. The van der Waals surface area contributed by atoms with E-state index < -0.39 is 0 Å². The van der Waals surface area contributed by atoms with E-state index in [0.29, 0.717) is 0 Å². The van der Waals surface area contributed by atoms with Crippen LogP contribution in [0.3, 0.4) is 0 Å². The standard InChI is InChI=1S/C13H19IN4/c14-11-7-16-13(17-8-11)18-5-1-2-10(9-18)6-15-12-3-4-12/h7-8,10,12,15H,1-6,9H2. The van der Waals surface area contributed by atoms with Crippen LogP contribution in [0.1, 0.15) is 25.7 Å². The summed E-state index contributed by atoms with van der Waals surface area (Å²) in [5, 5.41) is 3.64. The Bertz CT molecular complexity index is 390. The lowest BCUT2D eigenvalue weighted by atomic mass is 9.98. The van der Waals surface area contributed by atoms with Gasteiger partial charge in [0.1, 0.15) is 0 Å². The molecule has 2 heterocycles. The number of rotatable bonds is 4. The molecule has 1 saturated heterocycles. The summed E-state index contributed by atoms with van der Waals surface area (Å²) in [6.45, 7) is 3.35. The van der Waals surface area contributed by atoms with E-state index >= 15 is 0 Å². The van der Waals surface area contributed by atoms with Crippen molar-refractivity contribution in [3.63, 3.8) is 0 Å². The molecule has 5 heteroatoms. The molecule has 2 fully saturated rings. The van der Waals surface area contributed by atoms with E-state index in [1.165, 1.54) is 25.7 Å². The zero-order valence-corrected chi connectivity index (χ0v) is 12.6. The topological polar surface area (TPSA) is 41.1 Å². The monoisotopic (exact) mass is 358 g/mol. The number of halogens is 1. The van der Waals surface area contributed by atoms with E-state index in [2.05, 4.69) is 42.8 Å². The van der Waals surface area contributed by atoms with Crippen molar-refractivity contribution in [1.29, 1.82) is 0 Å². The van der Waals surface area contributed by atoms with Crippen molar-refractivity contribution in [2.75, 3.05) is 24.5 Å². The molecule has 1 aliphatic carbocycles. The number of aromatic nitrogens is 2. The van der Waals surface area contributed by atoms with Gasteiger partial charge in [-0.3, -0.25) is 0 Å². The molecular weight excluding hydrogens is 339 g/mol. The predicted molar refractivity (Wildman–Crippen MR) is 80.7 cm³/mol. The Morgan fingerprint density at radius 3 is 2.78 bits per heavy atom. The van der Waals surface area contributed by atoms with Crippen LogP contribution in [0.15, 0.2) is 12.4 Å². The number of hydrogen-bond donors (Lipinski definition) is 1. The van der Waals surface area contributed by atoms with Gasteiger partial charge in [-0.25, -0.2) is 9.97 Å². The normalized spacial score (nSPS) is 24.3. The molecule has 1 aromatic rings. The molecule has 0 bridgehead atoms. The van der Waals surface area contributed by atoms with Crippen LogP contribution in [0.4, 0.5) is 5.95 Å². The lowest BCUT2D eigenvalue weighted by molar-refractivity contribution is 0.388. The summed E-state index contributed by atoms with van der Waals surface area (Å²) in [4.78, 5) is 11.2. The van der Waals surface area contributed by atoms with Crippen LogP contribution in [0.2, 0.25) is 0 Å². The van der Waals surface area contributed by atoms with Crippen LogP contribution in [-0.4, -0.2) is 35.6 Å². The lowest BCUT2D eigenvalue weighted by Gasteiger charge is -2.32. The van der Waals surface area contributed by atoms with Gasteiger partial charge in [-0.15, -0.1) is 0 Å². The first-order chi connectivity index (χ1) is 8.81. The Labute approximate surface area is 122 Å². The van der Waals surface area contributed by atoms with Crippen LogP contribution in [0, 0.1) is 9.49 Å². The molecule has 0 aromatic carbocycles. The van der Waals surface area contributed by atoms with Crippen molar-refractivity contribution in [2.24, 2.45) is 5.92 Å². The van der Waals surface area contributed by atoms with Gasteiger partial charge in [0.2, 0.25) is 5.95 Å². The van der Waals surface area contributed by atoms with Crippen LogP contribution < -0.4 is 10.2 Å². The maximum Gasteiger partial charge on any atom is 0.225 e. The van der Waals surface area contributed by atoms with E-state index in [1.54, 1.807) is 0 Å². The maximum atomic E-state index is 4.43. The third-order valence-electron chi connectivity index (χ3n) is 3.68. The second-order valence-electron chi connectivity index (χ2n) is 5.34. The van der Waals surface area contributed by atoms with E-state index in [9.17, 15) is 0 Å². The Kier molecular flexibility index (Phi) is 3.98. The van der Waals surface area contributed by atoms with Crippen molar-refractivity contribution in [2.45, 2.75) is 31.7 Å². The third kappa shape index (κ3) is 3.32. The molecule has 3 rings (SSSR count). The first-order valence-electron chi connectivity index (χ1n) is 6.77. The zero-order valence-electron chi connectivity index (χ0n) is 10.5. The number of nitrogens with one attached hydrogen (secondary N) is 1. The van der Waals surface area contributed by atoms with E-state index in [0.717, 1.165) is 41.1 Å². The molecule has 1 saturated carbocycles. The first-order valence-corrected chi connectivity index (χ1v) is 7.85. The fraction of sp³-hybridized carbons (Fsp3) is 0.692. The summed E-state index contributed by atoms with van der Waals surface area (Å²) < 4.78 is 1.10. The van der Waals surface area contributed by atoms with Gasteiger partial charge < -0.3 is 10.2 Å². The summed E-state index contributed by atoms with van der Waals surface area (Å²) in [5.74, 6) is 1.65. The molecular formula is C13H19IN4. The molecule has 1 atom stereocenters. The van der Waals surface area contributed by atoms with Crippen LogP contribution in [-0.2, 0) is 0 Å². The molecule has 1 aromatic heterocycles. The summed E-state index contributed by atoms with van der Waals surface area (Å²) in [7, 11) is 0. The highest BCUT2D eigenvalue weighted by Gasteiger charge is 2.25. The molecule has 18 heavy (non-hydrogen) atoms. The smallest absolute Gasteiger partial charge is 0.225 e. The van der Waals surface area contributed by atoms with Crippen molar-refractivity contribution in [3.05, 3.63) is 16.0 Å². The zero-order chi connectivity index (χ0) is 12.4. The van der Waals surface area contributed by atoms with Crippen molar-refractivity contribution in [3.8, 4) is 0 Å². The molecule has 1 aliphatic heterocycles. The van der Waals surface area contributed by atoms with Gasteiger partial charge in [-0.2, -0.15) is 0 Å². The van der Waals surface area contributed by atoms with E-state index in [1.807, 2.05) is 12.4 Å². The molecule has 1 N–H and O–H groups in total. The van der Waals surface area contributed by atoms with Crippen molar-refractivity contribution < 1.29 is 0 Å². The third-order valence-corrected chi connectivity index (χ3v) is 4.24. The average Bonchev–Trinajstić information content (AvgIpc) is 3.22. The number of anilines is 1. The maximum absolute atomic E-state index is 4.43. The fourth-order valence-electron chi connectivity index (χ4n) is 2.50. The largest absolute Gasteiger partial charge is 0.341 e. The van der Waals surface area contributed by atoms with Crippen LogP contribution >= 0.6 is 22.6 Å². The van der Waals surface area contributed by atoms with Gasteiger partial charge in [0.15, 0.2) is 0 Å². The average molecular weight is 358 g/mol. The second kappa shape index (κ2) is 5.69. The molecule has 0 radical (unpaired) electrons. The Hall–Kier alpha value is -0.430. The summed E-state index contributed by atoms with van der Waals surface area (Å²) in [6.07, 6.45) is 9.13. The Morgan fingerprint density at radius 2 is 2.06 bits per heavy atom. The molecule has 0 spiro atoms. The predicted octanol–water partition coefficient (Wildman–Crippen LogP) is 2.05. The quantitative estimate of drug-likeness (QED) is 0.837. The Morgan fingerprint density at radius 1 is 1.28 bits per heavy atom. The number of piperidine rings is 1. The van der Waals surface area contributed by atoms with Crippen molar-refractivity contribution in [1.82, 2.24) is 15.3 Å². The van der Waals surface area contributed by atoms with Gasteiger partial charge in [0.25, 0.3) is 0 Å². The van der Waals surface area contributed by atoms with Crippen molar-refractivity contribution >= 4 is 28.5 Å². The van der Waals surface area contributed by atoms with Gasteiger partial charge >= 0.3 is 0 Å². The summed E-state index contributed by atoms with van der Waals surface area (Å²) >= 11 is 2.25. The highest BCUT2D eigenvalue weighted by molar-refractivity contribution is 14.1. The summed E-state index contributed by atoms with van der Waals surface area (Å²) in [6, 6.07) is 0.815.